The highest BCUT2D eigenvalue weighted by molar-refractivity contribution is 6.31. The monoisotopic (exact) mass is 334 g/mol. The predicted octanol–water partition coefficient (Wildman–Crippen LogP) is 4.56. The lowest BCUT2D eigenvalue weighted by Crippen LogP contribution is -2.40. The number of aliphatic carboxylic acids is 1. The van der Waals surface area contributed by atoms with Gasteiger partial charge in [-0.05, 0) is 36.1 Å². The van der Waals surface area contributed by atoms with Crippen LogP contribution < -0.4 is 4.74 Å². The zero-order valence-electron chi connectivity index (χ0n) is 12.1. The summed E-state index contributed by atoms with van der Waals surface area (Å²) < 4.78 is 44.4. The van der Waals surface area contributed by atoms with Crippen LogP contribution in [-0.4, -0.2) is 23.4 Å². The van der Waals surface area contributed by atoms with Crippen LogP contribution in [0.4, 0.5) is 13.2 Å². The van der Waals surface area contributed by atoms with Gasteiger partial charge >= 0.3 is 12.1 Å². The smallest absolute Gasteiger partial charge is 0.430 e. The Hall–Kier alpha value is -1.69. The Bertz CT molecular complexity index is 663. The van der Waals surface area contributed by atoms with E-state index in [0.717, 1.165) is 6.08 Å². The Morgan fingerprint density at radius 2 is 2.00 bits per heavy atom. The summed E-state index contributed by atoms with van der Waals surface area (Å²) in [7, 11) is 0. The van der Waals surface area contributed by atoms with Crippen molar-refractivity contribution in [2.75, 3.05) is 0 Å². The van der Waals surface area contributed by atoms with Gasteiger partial charge in [-0.2, -0.15) is 13.2 Å². The molecule has 1 aliphatic heterocycles. The first-order valence-corrected chi connectivity index (χ1v) is 6.93. The third kappa shape index (κ3) is 2.79. The van der Waals surface area contributed by atoms with E-state index in [-0.39, 0.29) is 17.2 Å². The first-order chi connectivity index (χ1) is 10.0. The highest BCUT2D eigenvalue weighted by Gasteiger charge is 2.49. The summed E-state index contributed by atoms with van der Waals surface area (Å²) in [6.45, 7) is 5.20. The van der Waals surface area contributed by atoms with Gasteiger partial charge in [-0.3, -0.25) is 0 Å². The molecule has 0 spiro atoms. The topological polar surface area (TPSA) is 46.5 Å². The molecule has 2 rings (SSSR count). The lowest BCUT2D eigenvalue weighted by molar-refractivity contribution is -0.187. The molecule has 120 valence electrons. The fourth-order valence-corrected chi connectivity index (χ4v) is 2.55. The van der Waals surface area contributed by atoms with Crippen molar-refractivity contribution in [1.82, 2.24) is 0 Å². The molecule has 7 heteroatoms. The van der Waals surface area contributed by atoms with Gasteiger partial charge in [0, 0.05) is 10.6 Å². The summed E-state index contributed by atoms with van der Waals surface area (Å²) in [6, 6.07) is 1.56. The van der Waals surface area contributed by atoms with Gasteiger partial charge in [0.25, 0.3) is 0 Å². The van der Waals surface area contributed by atoms with Gasteiger partial charge < -0.3 is 9.84 Å². The van der Waals surface area contributed by atoms with Crippen molar-refractivity contribution in [3.63, 3.8) is 0 Å². The van der Waals surface area contributed by atoms with Crippen molar-refractivity contribution in [1.29, 1.82) is 0 Å². The number of carboxylic acids is 1. The maximum Gasteiger partial charge on any atom is 0.430 e. The molecule has 1 aliphatic rings. The quantitative estimate of drug-likeness (QED) is 0.862. The number of carbonyl (C=O) groups is 1. The highest BCUT2D eigenvalue weighted by atomic mass is 35.5. The lowest BCUT2D eigenvalue weighted by Gasteiger charge is -2.30. The van der Waals surface area contributed by atoms with Crippen LogP contribution in [0.25, 0.3) is 6.08 Å². The van der Waals surface area contributed by atoms with Crippen LogP contribution in [0.5, 0.6) is 5.75 Å². The van der Waals surface area contributed by atoms with Crippen molar-refractivity contribution in [2.24, 2.45) is 0 Å². The molecule has 3 nitrogen and oxygen atoms in total. The SMILES string of the molecule is Cc1c(Cl)cc(C(C)C)c2c1C=C(C(=O)O)[C@@H](C(F)(F)F)O2. The van der Waals surface area contributed by atoms with E-state index in [4.69, 9.17) is 21.4 Å². The molecule has 0 aromatic heterocycles. The molecule has 0 amide bonds. The second kappa shape index (κ2) is 5.50. The van der Waals surface area contributed by atoms with Gasteiger partial charge in [0.1, 0.15) is 5.75 Å². The summed E-state index contributed by atoms with van der Waals surface area (Å²) in [5.41, 5.74) is 0.440. The van der Waals surface area contributed by atoms with Gasteiger partial charge in [0.2, 0.25) is 6.10 Å². The van der Waals surface area contributed by atoms with Crippen LogP contribution in [0.15, 0.2) is 11.6 Å². The molecule has 1 heterocycles. The Balaban J connectivity index is 2.75. The molecule has 0 radical (unpaired) electrons. The maximum absolute atomic E-state index is 13.1. The minimum atomic E-state index is -4.82. The molecule has 1 N–H and O–H groups in total. The molecule has 1 atom stereocenters. The van der Waals surface area contributed by atoms with Crippen molar-refractivity contribution < 1.29 is 27.8 Å². The second-order valence-corrected chi connectivity index (χ2v) is 5.82. The Labute approximate surface area is 130 Å². The molecule has 1 aromatic rings. The predicted molar refractivity (Wildman–Crippen MR) is 76.4 cm³/mol. The van der Waals surface area contributed by atoms with Crippen LogP contribution >= 0.6 is 11.6 Å². The fraction of sp³-hybridized carbons (Fsp3) is 0.400. The van der Waals surface area contributed by atoms with E-state index < -0.39 is 23.8 Å². The Kier molecular flexibility index (Phi) is 4.17. The molecule has 1 aromatic carbocycles. The molecule has 22 heavy (non-hydrogen) atoms. The molecule has 0 saturated heterocycles. The number of halogens is 4. The van der Waals surface area contributed by atoms with E-state index in [0.29, 0.717) is 16.1 Å². The number of rotatable bonds is 2. The van der Waals surface area contributed by atoms with E-state index in [9.17, 15) is 18.0 Å². The number of hydrogen-bond acceptors (Lipinski definition) is 2. The zero-order valence-corrected chi connectivity index (χ0v) is 12.8. The third-order valence-electron chi connectivity index (χ3n) is 3.54. The average molecular weight is 335 g/mol. The fourth-order valence-electron chi connectivity index (χ4n) is 2.33. The summed E-state index contributed by atoms with van der Waals surface area (Å²) in [5.74, 6) is -1.75. The minimum absolute atomic E-state index is 0.0456. The normalized spacial score (nSPS) is 17.8. The molecule has 0 aliphatic carbocycles. The summed E-state index contributed by atoms with van der Waals surface area (Å²) >= 11 is 6.09. The Morgan fingerprint density at radius 1 is 1.41 bits per heavy atom. The van der Waals surface area contributed by atoms with E-state index >= 15 is 0 Å². The lowest BCUT2D eigenvalue weighted by atomic mass is 9.91. The largest absolute Gasteiger partial charge is 0.478 e. The number of hydrogen-bond donors (Lipinski definition) is 1. The van der Waals surface area contributed by atoms with Crippen LogP contribution in [0.3, 0.4) is 0 Å². The Morgan fingerprint density at radius 3 is 2.45 bits per heavy atom. The van der Waals surface area contributed by atoms with Crippen LogP contribution in [0, 0.1) is 6.92 Å². The van der Waals surface area contributed by atoms with Crippen molar-refractivity contribution >= 4 is 23.6 Å². The van der Waals surface area contributed by atoms with E-state index in [2.05, 4.69) is 0 Å². The molecular weight excluding hydrogens is 321 g/mol. The van der Waals surface area contributed by atoms with E-state index in [1.807, 2.05) is 0 Å². The van der Waals surface area contributed by atoms with Crippen LogP contribution in [-0.2, 0) is 4.79 Å². The maximum atomic E-state index is 13.1. The second-order valence-electron chi connectivity index (χ2n) is 5.41. The zero-order chi connectivity index (χ0) is 16.8. The standard InChI is InChI=1S/C15H14ClF3O3/c1-6(2)8-5-11(16)7(3)9-4-10(14(20)21)13(15(17,18)19)22-12(8)9/h4-6,13H,1-3H3,(H,20,21)/t13-/m0/s1. The summed E-state index contributed by atoms with van der Waals surface area (Å²) in [5, 5.41) is 9.41. The molecular formula is C15H14ClF3O3. The summed E-state index contributed by atoms with van der Waals surface area (Å²) in [4.78, 5) is 11.2. The number of carboxylic acid groups (broad SMARTS) is 1. The molecule has 0 unspecified atom stereocenters. The molecule has 0 saturated carbocycles. The average Bonchev–Trinajstić information content (AvgIpc) is 2.40. The van der Waals surface area contributed by atoms with E-state index in [1.165, 1.54) is 0 Å². The number of alkyl halides is 3. The van der Waals surface area contributed by atoms with Crippen LogP contribution in [0.2, 0.25) is 5.02 Å². The number of fused-ring (bicyclic) bond motifs is 1. The first-order valence-electron chi connectivity index (χ1n) is 6.55. The van der Waals surface area contributed by atoms with Crippen molar-refractivity contribution in [3.8, 4) is 5.75 Å². The van der Waals surface area contributed by atoms with Gasteiger partial charge in [-0.25, -0.2) is 4.79 Å². The van der Waals surface area contributed by atoms with Gasteiger partial charge in [0.15, 0.2) is 0 Å². The number of ether oxygens (including phenoxy) is 1. The van der Waals surface area contributed by atoms with Crippen LogP contribution in [0.1, 0.15) is 36.5 Å². The van der Waals surface area contributed by atoms with Crippen molar-refractivity contribution in [2.45, 2.75) is 39.0 Å². The van der Waals surface area contributed by atoms with Gasteiger partial charge in [0.05, 0.1) is 5.57 Å². The van der Waals surface area contributed by atoms with Crippen molar-refractivity contribution in [3.05, 3.63) is 33.4 Å². The summed E-state index contributed by atoms with van der Waals surface area (Å²) in [6.07, 6.45) is -6.30. The van der Waals surface area contributed by atoms with Gasteiger partial charge in [-0.1, -0.05) is 25.4 Å². The molecule has 0 fully saturated rings. The van der Waals surface area contributed by atoms with E-state index in [1.54, 1.807) is 26.8 Å². The highest BCUT2D eigenvalue weighted by Crippen LogP contribution is 2.44. The molecule has 0 bridgehead atoms. The third-order valence-corrected chi connectivity index (χ3v) is 3.93. The van der Waals surface area contributed by atoms with Gasteiger partial charge in [-0.15, -0.1) is 0 Å². The minimum Gasteiger partial charge on any atom is -0.478 e. The first kappa shape index (κ1) is 16.7. The number of benzene rings is 1.